The number of thioether (sulfide) groups is 1. The Labute approximate surface area is 129 Å². The molecule has 0 aliphatic carbocycles. The lowest BCUT2D eigenvalue weighted by Crippen LogP contribution is -2.40. The third-order valence-corrected chi connectivity index (χ3v) is 5.84. The highest BCUT2D eigenvalue weighted by molar-refractivity contribution is 8.00. The zero-order valence-corrected chi connectivity index (χ0v) is 13.1. The molecule has 2 aliphatic rings. The van der Waals surface area contributed by atoms with Gasteiger partial charge in [-0.3, -0.25) is 10.1 Å². The molecule has 2 saturated heterocycles. The van der Waals surface area contributed by atoms with Gasteiger partial charge in [0.05, 0.1) is 6.54 Å². The van der Waals surface area contributed by atoms with Crippen LogP contribution < -0.4 is 5.32 Å². The smallest absolute Gasteiger partial charge is 0.238 e. The molecule has 108 valence electrons. The highest BCUT2D eigenvalue weighted by Crippen LogP contribution is 2.40. The number of carbonyl (C=O) groups is 1. The Balaban J connectivity index is 1.79. The van der Waals surface area contributed by atoms with E-state index in [-0.39, 0.29) is 16.8 Å². The van der Waals surface area contributed by atoms with Crippen molar-refractivity contribution in [3.8, 4) is 0 Å². The van der Waals surface area contributed by atoms with Gasteiger partial charge in [-0.15, -0.1) is 0 Å². The fourth-order valence-electron chi connectivity index (χ4n) is 2.98. The Hall–Kier alpha value is -0.710. The lowest BCUT2D eigenvalue weighted by molar-refractivity contribution is -0.128. The molecular weight excluding hydrogens is 292 g/mol. The molecule has 1 N–H and O–H groups in total. The summed E-state index contributed by atoms with van der Waals surface area (Å²) >= 11 is 7.93. The van der Waals surface area contributed by atoms with E-state index in [4.69, 9.17) is 11.6 Å². The molecule has 0 spiro atoms. The maximum atomic E-state index is 12.2. The first-order chi connectivity index (χ1) is 9.57. The molecule has 5 heteroatoms. The third-order valence-electron chi connectivity index (χ3n) is 4.07. The quantitative estimate of drug-likeness (QED) is 0.931. The number of halogens is 1. The fourth-order valence-corrected chi connectivity index (χ4v) is 4.41. The number of benzene rings is 1. The minimum Gasteiger partial charge on any atom is -0.320 e. The SMILES string of the molecule is CC1(CN2C(=O)CNC2c2ccc(Cl)cc2)CCCS1. The second kappa shape index (κ2) is 5.58. The summed E-state index contributed by atoms with van der Waals surface area (Å²) in [7, 11) is 0. The van der Waals surface area contributed by atoms with Gasteiger partial charge in [-0.2, -0.15) is 11.8 Å². The monoisotopic (exact) mass is 310 g/mol. The number of hydrogen-bond acceptors (Lipinski definition) is 3. The Morgan fingerprint density at radius 3 is 2.85 bits per heavy atom. The zero-order chi connectivity index (χ0) is 14.2. The summed E-state index contributed by atoms with van der Waals surface area (Å²) in [6.45, 7) is 3.51. The van der Waals surface area contributed by atoms with Crippen LogP contribution in [0.2, 0.25) is 5.02 Å². The Kier molecular flexibility index (Phi) is 3.98. The van der Waals surface area contributed by atoms with E-state index in [0.717, 1.165) is 17.1 Å². The van der Waals surface area contributed by atoms with Gasteiger partial charge in [0.2, 0.25) is 5.91 Å². The molecule has 1 aromatic carbocycles. The Morgan fingerprint density at radius 1 is 1.45 bits per heavy atom. The maximum Gasteiger partial charge on any atom is 0.238 e. The van der Waals surface area contributed by atoms with E-state index >= 15 is 0 Å². The Morgan fingerprint density at radius 2 is 2.20 bits per heavy atom. The molecule has 1 amide bonds. The van der Waals surface area contributed by atoms with Crippen molar-refractivity contribution in [1.29, 1.82) is 0 Å². The van der Waals surface area contributed by atoms with Crippen molar-refractivity contribution in [2.24, 2.45) is 0 Å². The number of nitrogens with one attached hydrogen (secondary N) is 1. The van der Waals surface area contributed by atoms with Crippen molar-refractivity contribution >= 4 is 29.3 Å². The molecule has 2 atom stereocenters. The molecule has 1 aromatic rings. The van der Waals surface area contributed by atoms with Crippen LogP contribution in [0, 0.1) is 0 Å². The highest BCUT2D eigenvalue weighted by Gasteiger charge is 2.39. The molecule has 0 aromatic heterocycles. The van der Waals surface area contributed by atoms with Crippen LogP contribution >= 0.6 is 23.4 Å². The van der Waals surface area contributed by atoms with Crippen molar-refractivity contribution in [3.05, 3.63) is 34.9 Å². The predicted molar refractivity (Wildman–Crippen MR) is 84.0 cm³/mol. The molecule has 2 unspecified atom stereocenters. The van der Waals surface area contributed by atoms with Crippen molar-refractivity contribution in [2.45, 2.75) is 30.7 Å². The predicted octanol–water partition coefficient (Wildman–Crippen LogP) is 3.06. The fraction of sp³-hybridized carbons (Fsp3) is 0.533. The van der Waals surface area contributed by atoms with Crippen LogP contribution in [-0.4, -0.2) is 34.4 Å². The van der Waals surface area contributed by atoms with Gasteiger partial charge >= 0.3 is 0 Å². The van der Waals surface area contributed by atoms with Crippen LogP contribution in [0.4, 0.5) is 0 Å². The molecule has 3 nitrogen and oxygen atoms in total. The van der Waals surface area contributed by atoms with Gasteiger partial charge in [-0.1, -0.05) is 23.7 Å². The summed E-state index contributed by atoms with van der Waals surface area (Å²) in [5.41, 5.74) is 1.10. The maximum absolute atomic E-state index is 12.2. The van der Waals surface area contributed by atoms with Crippen LogP contribution in [0.5, 0.6) is 0 Å². The van der Waals surface area contributed by atoms with E-state index < -0.39 is 0 Å². The van der Waals surface area contributed by atoms with Crippen LogP contribution in [0.1, 0.15) is 31.5 Å². The molecule has 20 heavy (non-hydrogen) atoms. The number of rotatable bonds is 3. The normalized spacial score (nSPS) is 30.2. The van der Waals surface area contributed by atoms with Gasteiger partial charge < -0.3 is 4.90 Å². The molecule has 2 heterocycles. The van der Waals surface area contributed by atoms with Gasteiger partial charge in [0.15, 0.2) is 0 Å². The average molecular weight is 311 g/mol. The van der Waals surface area contributed by atoms with E-state index in [1.807, 2.05) is 40.9 Å². The summed E-state index contributed by atoms with van der Waals surface area (Å²) in [6.07, 6.45) is 2.43. The molecule has 0 saturated carbocycles. The summed E-state index contributed by atoms with van der Waals surface area (Å²) < 4.78 is 0.201. The van der Waals surface area contributed by atoms with Crippen LogP contribution in [0.3, 0.4) is 0 Å². The van der Waals surface area contributed by atoms with Crippen molar-refractivity contribution in [2.75, 3.05) is 18.8 Å². The van der Waals surface area contributed by atoms with Crippen molar-refractivity contribution in [3.63, 3.8) is 0 Å². The molecule has 0 bridgehead atoms. The first kappa shape index (κ1) is 14.2. The number of carbonyl (C=O) groups excluding carboxylic acids is 1. The van der Waals surface area contributed by atoms with Gasteiger partial charge in [0.25, 0.3) is 0 Å². The van der Waals surface area contributed by atoms with Crippen molar-refractivity contribution < 1.29 is 4.79 Å². The van der Waals surface area contributed by atoms with Gasteiger partial charge in [-0.05, 0) is 43.2 Å². The first-order valence-corrected chi connectivity index (χ1v) is 8.36. The van der Waals surface area contributed by atoms with Crippen molar-refractivity contribution in [1.82, 2.24) is 10.2 Å². The number of hydrogen-bond donors (Lipinski definition) is 1. The van der Waals surface area contributed by atoms with E-state index in [1.54, 1.807) is 0 Å². The van der Waals surface area contributed by atoms with E-state index in [9.17, 15) is 4.79 Å². The minimum absolute atomic E-state index is 0.0159. The van der Waals surface area contributed by atoms with E-state index in [0.29, 0.717) is 6.54 Å². The highest BCUT2D eigenvalue weighted by atomic mass is 35.5. The molecule has 2 fully saturated rings. The first-order valence-electron chi connectivity index (χ1n) is 7.00. The lowest BCUT2D eigenvalue weighted by atomic mass is 10.0. The van der Waals surface area contributed by atoms with E-state index in [1.165, 1.54) is 18.6 Å². The topological polar surface area (TPSA) is 32.3 Å². The summed E-state index contributed by atoms with van der Waals surface area (Å²) in [6, 6.07) is 7.75. The zero-order valence-electron chi connectivity index (χ0n) is 11.6. The van der Waals surface area contributed by atoms with Gasteiger partial charge in [0, 0.05) is 16.3 Å². The summed E-state index contributed by atoms with van der Waals surface area (Å²) in [5, 5.41) is 4.03. The second-order valence-electron chi connectivity index (χ2n) is 5.76. The largest absolute Gasteiger partial charge is 0.320 e. The standard InChI is InChI=1S/C15H19ClN2OS/c1-15(7-2-8-20-15)10-18-13(19)9-17-14(18)11-3-5-12(16)6-4-11/h3-6,14,17H,2,7-10H2,1H3. The molecular formula is C15H19ClN2OS. The second-order valence-corrected chi connectivity index (χ2v) is 7.88. The molecule has 3 rings (SSSR count). The summed E-state index contributed by atoms with van der Waals surface area (Å²) in [4.78, 5) is 14.2. The van der Waals surface area contributed by atoms with Gasteiger partial charge in [-0.25, -0.2) is 0 Å². The average Bonchev–Trinajstić information content (AvgIpc) is 3.00. The Bertz CT molecular complexity index is 499. The van der Waals surface area contributed by atoms with E-state index in [2.05, 4.69) is 12.2 Å². The van der Waals surface area contributed by atoms with Crippen LogP contribution in [0.25, 0.3) is 0 Å². The third kappa shape index (κ3) is 2.83. The lowest BCUT2D eigenvalue weighted by Gasteiger charge is -2.33. The molecule has 0 radical (unpaired) electrons. The van der Waals surface area contributed by atoms with Crippen LogP contribution in [-0.2, 0) is 4.79 Å². The number of amides is 1. The van der Waals surface area contributed by atoms with Gasteiger partial charge in [0.1, 0.15) is 6.17 Å². The number of nitrogens with zero attached hydrogens (tertiary/aromatic N) is 1. The minimum atomic E-state index is -0.0159. The summed E-state index contributed by atoms with van der Waals surface area (Å²) in [5.74, 6) is 1.40. The molecule has 2 aliphatic heterocycles. The van der Waals surface area contributed by atoms with Crippen LogP contribution in [0.15, 0.2) is 24.3 Å².